The highest BCUT2D eigenvalue weighted by atomic mass is 16.5. The Hall–Kier alpha value is -4.41. The summed E-state index contributed by atoms with van der Waals surface area (Å²) in [6, 6.07) is 12.4. The number of hydrogen-bond acceptors (Lipinski definition) is 9. The molecule has 1 aliphatic heterocycles. The van der Waals surface area contributed by atoms with Crippen molar-refractivity contribution in [1.82, 2.24) is 30.4 Å². The third-order valence-electron chi connectivity index (χ3n) is 5.36. The fraction of sp³-hybridized carbons (Fsp3) is 0.190. The van der Waals surface area contributed by atoms with Gasteiger partial charge in [-0.15, -0.1) is 0 Å². The Morgan fingerprint density at radius 3 is 2.47 bits per heavy atom. The number of tetrazole rings is 1. The van der Waals surface area contributed by atoms with Gasteiger partial charge in [-0.2, -0.15) is 9.78 Å². The van der Waals surface area contributed by atoms with Crippen LogP contribution in [0.25, 0.3) is 11.3 Å². The molecule has 0 saturated carbocycles. The van der Waals surface area contributed by atoms with E-state index in [1.807, 2.05) is 36.4 Å². The molecule has 0 fully saturated rings. The quantitative estimate of drug-likeness (QED) is 0.428. The second-order valence-electron chi connectivity index (χ2n) is 7.01. The molecule has 2 aromatic heterocycles. The minimum absolute atomic E-state index is 0.327. The highest BCUT2D eigenvalue weighted by Crippen LogP contribution is 2.43. The molecule has 11 nitrogen and oxygen atoms in total. The zero-order valence-corrected chi connectivity index (χ0v) is 17.5. The van der Waals surface area contributed by atoms with Gasteiger partial charge in [0.2, 0.25) is 5.95 Å². The van der Waals surface area contributed by atoms with Gasteiger partial charge in [0.15, 0.2) is 11.5 Å². The van der Waals surface area contributed by atoms with Crippen LogP contribution in [0.1, 0.15) is 17.2 Å². The maximum Gasteiger partial charge on any atom is 0.288 e. The van der Waals surface area contributed by atoms with Gasteiger partial charge in [0.1, 0.15) is 17.5 Å². The number of ether oxygens (including phenoxy) is 3. The van der Waals surface area contributed by atoms with E-state index in [2.05, 4.69) is 31.0 Å². The van der Waals surface area contributed by atoms with E-state index in [0.717, 1.165) is 11.1 Å². The first kappa shape index (κ1) is 19.5. The fourth-order valence-electron chi connectivity index (χ4n) is 3.84. The summed E-state index contributed by atoms with van der Waals surface area (Å²) in [5.74, 6) is 2.18. The predicted molar refractivity (Wildman–Crippen MR) is 115 cm³/mol. The van der Waals surface area contributed by atoms with Gasteiger partial charge >= 0.3 is 0 Å². The van der Waals surface area contributed by atoms with E-state index < -0.39 is 6.04 Å². The highest BCUT2D eigenvalue weighted by molar-refractivity contribution is 5.75. The number of anilines is 2. The van der Waals surface area contributed by atoms with E-state index >= 15 is 0 Å². The maximum absolute atomic E-state index is 12.8. The lowest BCUT2D eigenvalue weighted by molar-refractivity contribution is 0.354. The van der Waals surface area contributed by atoms with Crippen molar-refractivity contribution in [1.29, 1.82) is 0 Å². The van der Waals surface area contributed by atoms with Crippen LogP contribution in [-0.2, 0) is 0 Å². The van der Waals surface area contributed by atoms with Gasteiger partial charge in [-0.25, -0.2) is 5.10 Å². The van der Waals surface area contributed by atoms with Crippen molar-refractivity contribution >= 4 is 11.6 Å². The minimum Gasteiger partial charge on any atom is -0.497 e. The zero-order chi connectivity index (χ0) is 22.2. The molecule has 1 atom stereocenters. The smallest absolute Gasteiger partial charge is 0.288 e. The average molecular weight is 433 g/mol. The predicted octanol–water partition coefficient (Wildman–Crippen LogP) is 2.14. The third kappa shape index (κ3) is 3.02. The number of methoxy groups -OCH3 is 3. The molecular formula is C21H19N7O4. The summed E-state index contributed by atoms with van der Waals surface area (Å²) in [6.45, 7) is 0. The molecule has 32 heavy (non-hydrogen) atoms. The van der Waals surface area contributed by atoms with E-state index in [1.54, 1.807) is 32.1 Å². The van der Waals surface area contributed by atoms with Crippen molar-refractivity contribution in [3.8, 4) is 28.5 Å². The molecule has 5 rings (SSSR count). The average Bonchev–Trinajstić information content (AvgIpc) is 3.31. The van der Waals surface area contributed by atoms with E-state index in [4.69, 9.17) is 14.2 Å². The van der Waals surface area contributed by atoms with Crippen molar-refractivity contribution < 1.29 is 14.2 Å². The summed E-state index contributed by atoms with van der Waals surface area (Å²) in [4.78, 5) is 12.8. The molecule has 0 spiro atoms. The van der Waals surface area contributed by atoms with Crippen LogP contribution in [0.15, 0.2) is 47.3 Å². The van der Waals surface area contributed by atoms with E-state index in [9.17, 15) is 4.79 Å². The summed E-state index contributed by atoms with van der Waals surface area (Å²) >= 11 is 0. The Balaban J connectivity index is 1.77. The Labute approximate surface area is 181 Å². The lowest BCUT2D eigenvalue weighted by Gasteiger charge is -2.28. The number of H-pyrrole nitrogens is 1. The van der Waals surface area contributed by atoms with Gasteiger partial charge in [0.05, 0.1) is 27.0 Å². The molecule has 0 amide bonds. The first-order valence-electron chi connectivity index (χ1n) is 9.68. The van der Waals surface area contributed by atoms with E-state index in [0.29, 0.717) is 40.1 Å². The molecule has 0 aliphatic carbocycles. The van der Waals surface area contributed by atoms with Crippen LogP contribution in [0.4, 0.5) is 11.6 Å². The number of aromatic amines is 1. The molecule has 2 aromatic carbocycles. The van der Waals surface area contributed by atoms with Crippen LogP contribution < -0.4 is 25.1 Å². The molecule has 0 unspecified atom stereocenters. The minimum atomic E-state index is -0.539. The number of nitrogens with one attached hydrogen (secondary N) is 2. The van der Waals surface area contributed by atoms with Crippen LogP contribution in [0.5, 0.6) is 17.2 Å². The van der Waals surface area contributed by atoms with Crippen molar-refractivity contribution in [3.05, 3.63) is 63.9 Å². The number of fused-ring (bicyclic) bond motifs is 2. The van der Waals surface area contributed by atoms with Gasteiger partial charge < -0.3 is 19.5 Å². The molecule has 0 radical (unpaired) electrons. The largest absolute Gasteiger partial charge is 0.497 e. The van der Waals surface area contributed by atoms with Crippen molar-refractivity contribution in [2.75, 3.05) is 26.6 Å². The van der Waals surface area contributed by atoms with Crippen LogP contribution >= 0.6 is 0 Å². The summed E-state index contributed by atoms with van der Waals surface area (Å²) in [7, 11) is 4.74. The lowest BCUT2D eigenvalue weighted by Crippen LogP contribution is -2.29. The van der Waals surface area contributed by atoms with Crippen LogP contribution in [0.2, 0.25) is 0 Å². The molecule has 2 N–H and O–H groups in total. The highest BCUT2D eigenvalue weighted by Gasteiger charge is 2.34. The first-order valence-corrected chi connectivity index (χ1v) is 9.68. The van der Waals surface area contributed by atoms with Gasteiger partial charge in [-0.3, -0.25) is 4.79 Å². The number of rotatable bonds is 5. The summed E-state index contributed by atoms with van der Waals surface area (Å²) in [5.41, 5.74) is 2.75. The standard InChI is InChI=1S/C21H19N7O4/c1-30-13-7-4-11(5-8-13)17-16-18(20(29)24-23-17)22-21-25-26-27-28(21)19(16)12-6-9-14(31-2)15(10-12)32-3/h4-10,19H,1-3H3,(H,24,29)(H,22,25,27)/t19-/m0/s1. The molecule has 11 heteroatoms. The number of aromatic nitrogens is 6. The summed E-state index contributed by atoms with van der Waals surface area (Å²) in [6.07, 6.45) is 0. The van der Waals surface area contributed by atoms with Gasteiger partial charge in [0.25, 0.3) is 5.56 Å². The molecule has 1 aliphatic rings. The molecule has 0 saturated heterocycles. The SMILES string of the molecule is COc1ccc(-c2n[nH]c(=O)c3c2[C@H](c2ccc(OC)c(OC)c2)n2nnnc2N3)cc1. The Bertz CT molecular complexity index is 1350. The van der Waals surface area contributed by atoms with Gasteiger partial charge in [-0.1, -0.05) is 11.2 Å². The van der Waals surface area contributed by atoms with Crippen molar-refractivity contribution in [2.45, 2.75) is 6.04 Å². The van der Waals surface area contributed by atoms with Crippen LogP contribution in [-0.4, -0.2) is 51.7 Å². The Morgan fingerprint density at radius 1 is 0.969 bits per heavy atom. The summed E-state index contributed by atoms with van der Waals surface area (Å²) < 4.78 is 17.7. The number of benzene rings is 2. The van der Waals surface area contributed by atoms with Crippen LogP contribution in [0, 0.1) is 0 Å². The topological polar surface area (TPSA) is 129 Å². The van der Waals surface area contributed by atoms with Gasteiger partial charge in [0, 0.05) is 11.1 Å². The zero-order valence-electron chi connectivity index (χ0n) is 17.5. The first-order chi connectivity index (χ1) is 15.6. The Kier molecular flexibility index (Phi) is 4.70. The van der Waals surface area contributed by atoms with Crippen molar-refractivity contribution in [3.63, 3.8) is 0 Å². The molecule has 4 aromatic rings. The van der Waals surface area contributed by atoms with Crippen molar-refractivity contribution in [2.24, 2.45) is 0 Å². The maximum atomic E-state index is 12.8. The third-order valence-corrected chi connectivity index (χ3v) is 5.36. The Morgan fingerprint density at radius 2 is 1.75 bits per heavy atom. The normalized spacial score (nSPS) is 14.2. The monoisotopic (exact) mass is 433 g/mol. The summed E-state index contributed by atoms with van der Waals surface area (Å²) in [5, 5.41) is 21.9. The molecular weight excluding hydrogens is 414 g/mol. The van der Waals surface area contributed by atoms with E-state index in [1.165, 1.54) is 0 Å². The van der Waals surface area contributed by atoms with Gasteiger partial charge in [-0.05, 0) is 52.4 Å². The van der Waals surface area contributed by atoms with E-state index in [-0.39, 0.29) is 5.56 Å². The number of nitrogens with zero attached hydrogens (tertiary/aromatic N) is 5. The second-order valence-corrected chi connectivity index (χ2v) is 7.01. The molecule has 0 bridgehead atoms. The second kappa shape index (κ2) is 7.69. The number of hydrogen-bond donors (Lipinski definition) is 2. The van der Waals surface area contributed by atoms with Crippen LogP contribution in [0.3, 0.4) is 0 Å². The lowest BCUT2D eigenvalue weighted by atomic mass is 9.92. The molecule has 3 heterocycles. The fourth-order valence-corrected chi connectivity index (χ4v) is 3.84. The molecule has 162 valence electrons.